The number of carbonyl (C=O) groups excluding carboxylic acids is 1. The Labute approximate surface area is 140 Å². The molecule has 2 unspecified atom stereocenters. The molecular weight excluding hydrogens is 324 g/mol. The average molecular weight is 353 g/mol. The first kappa shape index (κ1) is 21.6. The van der Waals surface area contributed by atoms with E-state index in [1.165, 1.54) is 21.6 Å². The van der Waals surface area contributed by atoms with E-state index in [0.29, 0.717) is 5.75 Å². The fourth-order valence-electron chi connectivity index (χ4n) is 1.50. The van der Waals surface area contributed by atoms with Crippen LogP contribution < -0.4 is 11.1 Å². The molecule has 0 aromatic heterocycles. The lowest BCUT2D eigenvalue weighted by molar-refractivity contribution is -0.149. The van der Waals surface area contributed by atoms with Crippen LogP contribution in [0.4, 0.5) is 0 Å². The molecule has 4 N–H and O–H groups in total. The van der Waals surface area contributed by atoms with Crippen molar-refractivity contribution in [2.24, 2.45) is 5.73 Å². The van der Waals surface area contributed by atoms with Crippen LogP contribution in [-0.2, 0) is 14.3 Å². The summed E-state index contributed by atoms with van der Waals surface area (Å²) in [6.45, 7) is 11.1. The van der Waals surface area contributed by atoms with Gasteiger partial charge in [-0.3, -0.25) is 9.59 Å². The van der Waals surface area contributed by atoms with Crippen LogP contribution in [0.3, 0.4) is 0 Å². The van der Waals surface area contributed by atoms with Crippen molar-refractivity contribution in [3.8, 4) is 0 Å². The van der Waals surface area contributed by atoms with Gasteiger partial charge in [0.1, 0.15) is 12.1 Å². The second kappa shape index (κ2) is 9.64. The molecule has 0 aliphatic carbocycles. The summed E-state index contributed by atoms with van der Waals surface area (Å²) in [7, 11) is 2.79. The first-order valence-corrected chi connectivity index (χ1v) is 9.54. The number of hydrogen-bond donors (Lipinski definition) is 3. The minimum Gasteiger partial charge on any atom is -0.480 e. The molecule has 0 aromatic carbocycles. The van der Waals surface area contributed by atoms with Crippen LogP contribution in [0.1, 0.15) is 41.5 Å². The van der Waals surface area contributed by atoms with E-state index in [1.807, 2.05) is 13.8 Å². The Balaban J connectivity index is 4.57. The van der Waals surface area contributed by atoms with Crippen molar-refractivity contribution >= 4 is 33.5 Å². The maximum atomic E-state index is 12.1. The maximum Gasteiger partial charge on any atom is 0.324 e. The van der Waals surface area contributed by atoms with Gasteiger partial charge in [0.15, 0.2) is 0 Å². The van der Waals surface area contributed by atoms with E-state index in [0.717, 1.165) is 0 Å². The third-order valence-corrected chi connectivity index (χ3v) is 6.02. The molecule has 6 nitrogen and oxygen atoms in total. The van der Waals surface area contributed by atoms with E-state index in [4.69, 9.17) is 15.6 Å². The molecule has 22 heavy (non-hydrogen) atoms. The van der Waals surface area contributed by atoms with Crippen LogP contribution in [0, 0.1) is 0 Å². The van der Waals surface area contributed by atoms with Crippen molar-refractivity contribution in [2.75, 3.05) is 5.75 Å². The predicted molar refractivity (Wildman–Crippen MR) is 93.0 cm³/mol. The Morgan fingerprint density at radius 1 is 1.27 bits per heavy atom. The molecular formula is C14H28N2O4S2. The van der Waals surface area contributed by atoms with Gasteiger partial charge in [0.2, 0.25) is 0 Å². The average Bonchev–Trinajstić information content (AvgIpc) is 2.34. The number of carbonyl (C=O) groups is 2. The molecule has 0 amide bonds. The number of esters is 1. The van der Waals surface area contributed by atoms with Crippen molar-refractivity contribution in [3.05, 3.63) is 0 Å². The Morgan fingerprint density at radius 3 is 2.23 bits per heavy atom. The summed E-state index contributed by atoms with van der Waals surface area (Å²) >= 11 is 0. The van der Waals surface area contributed by atoms with E-state index in [2.05, 4.69) is 5.32 Å². The molecule has 0 rings (SSSR count). The van der Waals surface area contributed by atoms with Gasteiger partial charge in [-0.25, -0.2) is 0 Å². The smallest absolute Gasteiger partial charge is 0.324 e. The van der Waals surface area contributed by atoms with Crippen LogP contribution in [-0.4, -0.2) is 51.8 Å². The number of hydrogen-bond acceptors (Lipinski definition) is 7. The standard InChI is InChI=1S/C14H28N2O4S2/c1-8(2)16-10(13(19)20-9(3)4)7-21-22-14(5,6)11(15)12(17)18/h8-11,16H,7,15H2,1-6H3,(H,17,18). The lowest BCUT2D eigenvalue weighted by Crippen LogP contribution is -2.47. The zero-order valence-corrected chi connectivity index (χ0v) is 15.7. The summed E-state index contributed by atoms with van der Waals surface area (Å²) in [6, 6.07) is -1.26. The zero-order chi connectivity index (χ0) is 17.5. The van der Waals surface area contributed by atoms with Crippen LogP contribution in [0.5, 0.6) is 0 Å². The van der Waals surface area contributed by atoms with Gasteiger partial charge in [0, 0.05) is 16.5 Å². The summed E-state index contributed by atoms with van der Waals surface area (Å²) in [4.78, 5) is 23.0. The quantitative estimate of drug-likeness (QED) is 0.405. The van der Waals surface area contributed by atoms with Crippen LogP contribution in [0.2, 0.25) is 0 Å². The maximum absolute atomic E-state index is 12.1. The third-order valence-electron chi connectivity index (χ3n) is 2.69. The van der Waals surface area contributed by atoms with Crippen LogP contribution >= 0.6 is 21.6 Å². The van der Waals surface area contributed by atoms with Crippen molar-refractivity contribution in [1.29, 1.82) is 0 Å². The van der Waals surface area contributed by atoms with Gasteiger partial charge >= 0.3 is 11.9 Å². The summed E-state index contributed by atoms with van der Waals surface area (Å²) < 4.78 is 4.60. The highest BCUT2D eigenvalue weighted by Crippen LogP contribution is 2.38. The third kappa shape index (κ3) is 8.26. The number of carboxylic acid groups (broad SMARTS) is 1. The summed E-state index contributed by atoms with van der Waals surface area (Å²) in [5.74, 6) is -0.851. The number of ether oxygens (including phenoxy) is 1. The molecule has 0 saturated heterocycles. The Kier molecular flexibility index (Phi) is 9.45. The summed E-state index contributed by atoms with van der Waals surface area (Å²) in [5, 5.41) is 12.2. The topological polar surface area (TPSA) is 102 Å². The predicted octanol–water partition coefficient (Wildman–Crippen LogP) is 1.88. The van der Waals surface area contributed by atoms with Crippen molar-refractivity contribution in [3.63, 3.8) is 0 Å². The minimum atomic E-state index is -1.03. The molecule has 0 radical (unpaired) electrons. The normalized spacial score (nSPS) is 15.0. The molecule has 0 fully saturated rings. The van der Waals surface area contributed by atoms with Gasteiger partial charge < -0.3 is 20.9 Å². The van der Waals surface area contributed by atoms with Crippen molar-refractivity contribution in [2.45, 2.75) is 70.5 Å². The molecule has 0 aliphatic heterocycles. The van der Waals surface area contributed by atoms with Crippen molar-refractivity contribution in [1.82, 2.24) is 5.32 Å². The van der Waals surface area contributed by atoms with Crippen molar-refractivity contribution < 1.29 is 19.4 Å². The number of carboxylic acids is 1. The second-order valence-corrected chi connectivity index (χ2v) is 9.14. The molecule has 2 atom stereocenters. The van der Waals surface area contributed by atoms with E-state index in [9.17, 15) is 9.59 Å². The first-order valence-electron chi connectivity index (χ1n) is 7.23. The molecule has 130 valence electrons. The Bertz CT molecular complexity index is 376. The van der Waals surface area contributed by atoms with Gasteiger partial charge in [-0.2, -0.15) is 0 Å². The lowest BCUT2D eigenvalue weighted by Gasteiger charge is -2.28. The first-order chi connectivity index (χ1) is 9.97. The second-order valence-electron chi connectivity index (χ2n) is 6.15. The van der Waals surface area contributed by atoms with Gasteiger partial charge in [-0.1, -0.05) is 35.4 Å². The Hall–Kier alpha value is -0.440. The van der Waals surface area contributed by atoms with E-state index in [1.54, 1.807) is 27.7 Å². The van der Waals surface area contributed by atoms with E-state index in [-0.39, 0.29) is 18.1 Å². The number of rotatable bonds is 10. The molecule has 0 heterocycles. The van der Waals surface area contributed by atoms with E-state index >= 15 is 0 Å². The monoisotopic (exact) mass is 352 g/mol. The molecule has 0 aliphatic rings. The number of nitrogens with two attached hydrogens (primary N) is 1. The fraction of sp³-hybridized carbons (Fsp3) is 0.857. The molecule has 0 bridgehead atoms. The van der Waals surface area contributed by atoms with Gasteiger partial charge in [-0.15, -0.1) is 0 Å². The molecule has 0 saturated carbocycles. The van der Waals surface area contributed by atoms with Gasteiger partial charge in [-0.05, 0) is 27.7 Å². The van der Waals surface area contributed by atoms with Crippen LogP contribution in [0.15, 0.2) is 0 Å². The zero-order valence-electron chi connectivity index (χ0n) is 14.1. The highest BCUT2D eigenvalue weighted by Gasteiger charge is 2.33. The summed E-state index contributed by atoms with van der Waals surface area (Å²) in [5.41, 5.74) is 5.68. The molecule has 0 spiro atoms. The van der Waals surface area contributed by atoms with E-state index < -0.39 is 22.8 Å². The minimum absolute atomic E-state index is 0.143. The lowest BCUT2D eigenvalue weighted by atomic mass is 10.1. The number of nitrogens with one attached hydrogen (secondary N) is 1. The summed E-state index contributed by atoms with van der Waals surface area (Å²) in [6.07, 6.45) is -0.168. The van der Waals surface area contributed by atoms with Crippen LogP contribution in [0.25, 0.3) is 0 Å². The molecule has 0 aromatic rings. The highest BCUT2D eigenvalue weighted by atomic mass is 33.1. The van der Waals surface area contributed by atoms with Gasteiger partial charge in [0.25, 0.3) is 0 Å². The van der Waals surface area contributed by atoms with Gasteiger partial charge in [0.05, 0.1) is 6.10 Å². The molecule has 8 heteroatoms. The Morgan fingerprint density at radius 2 is 1.82 bits per heavy atom. The SMILES string of the molecule is CC(C)NC(CSSC(C)(C)C(N)C(=O)O)C(=O)OC(C)C. The fourth-order valence-corrected chi connectivity index (χ4v) is 4.28. The number of aliphatic carboxylic acids is 1. The largest absolute Gasteiger partial charge is 0.480 e. The highest BCUT2D eigenvalue weighted by molar-refractivity contribution is 8.77.